The molecule has 0 aromatic heterocycles. The molecule has 0 spiro atoms. The maximum absolute atomic E-state index is 13.4. The van der Waals surface area contributed by atoms with Crippen molar-refractivity contribution < 1.29 is 19.1 Å². The van der Waals surface area contributed by atoms with Crippen LogP contribution in [0.4, 0.5) is 10.1 Å². The minimum absolute atomic E-state index is 0.126. The van der Waals surface area contributed by atoms with Gasteiger partial charge in [-0.05, 0) is 30.7 Å². The highest BCUT2D eigenvalue weighted by molar-refractivity contribution is 8.04. The van der Waals surface area contributed by atoms with E-state index < -0.39 is 17.6 Å². The van der Waals surface area contributed by atoms with Gasteiger partial charge in [-0.2, -0.15) is 0 Å². The lowest BCUT2D eigenvalue weighted by atomic mass is 10.0. The van der Waals surface area contributed by atoms with Gasteiger partial charge < -0.3 is 5.11 Å². The molecule has 1 aliphatic heterocycles. The van der Waals surface area contributed by atoms with Crippen LogP contribution in [0, 0.1) is 12.7 Å². The monoisotopic (exact) mass is 391 g/mol. The molecular formula is C19H15ClFNO3S. The summed E-state index contributed by atoms with van der Waals surface area (Å²) in [6, 6.07) is 11.0. The number of halogens is 2. The summed E-state index contributed by atoms with van der Waals surface area (Å²) in [5.41, 5.74) is 2.12. The van der Waals surface area contributed by atoms with Gasteiger partial charge in [-0.3, -0.25) is 9.59 Å². The van der Waals surface area contributed by atoms with Gasteiger partial charge >= 0.3 is 0 Å². The molecule has 2 amide bonds. The van der Waals surface area contributed by atoms with E-state index in [0.717, 1.165) is 28.3 Å². The van der Waals surface area contributed by atoms with Crippen molar-refractivity contribution in [1.82, 2.24) is 0 Å². The van der Waals surface area contributed by atoms with Gasteiger partial charge in [0.05, 0.1) is 27.8 Å². The van der Waals surface area contributed by atoms with E-state index in [-0.39, 0.29) is 33.5 Å². The molecule has 0 saturated carbocycles. The summed E-state index contributed by atoms with van der Waals surface area (Å²) in [5.74, 6) is -1.35. The fraction of sp³-hybridized carbons (Fsp3) is 0.158. The summed E-state index contributed by atoms with van der Waals surface area (Å²) in [4.78, 5) is 27.1. The van der Waals surface area contributed by atoms with Crippen LogP contribution >= 0.6 is 23.4 Å². The summed E-state index contributed by atoms with van der Waals surface area (Å²) in [5, 5.41) is 8.94. The number of hydrogen-bond donors (Lipinski definition) is 1. The highest BCUT2D eigenvalue weighted by Crippen LogP contribution is 2.39. The number of carbonyl (C=O) groups excluding carboxylic acids is 2. The second-order valence-electron chi connectivity index (χ2n) is 5.69. The summed E-state index contributed by atoms with van der Waals surface area (Å²) >= 11 is 6.92. The van der Waals surface area contributed by atoms with Crippen molar-refractivity contribution in [1.29, 1.82) is 0 Å². The first-order valence-electron chi connectivity index (χ1n) is 7.83. The van der Waals surface area contributed by atoms with E-state index in [0.29, 0.717) is 5.56 Å². The SMILES string of the molecule is Cc1ccc(C2=C(SCCO)C(=O)N(c3ccc(F)c(Cl)c3)C2=O)cc1. The first kappa shape index (κ1) is 18.6. The molecule has 0 aliphatic carbocycles. The van der Waals surface area contributed by atoms with Crippen molar-refractivity contribution >= 4 is 46.4 Å². The molecule has 0 saturated heterocycles. The van der Waals surface area contributed by atoms with E-state index in [2.05, 4.69) is 0 Å². The van der Waals surface area contributed by atoms with Crippen LogP contribution < -0.4 is 4.90 Å². The number of carbonyl (C=O) groups is 2. The Hall–Kier alpha value is -2.15. The zero-order chi connectivity index (χ0) is 18.8. The quantitative estimate of drug-likeness (QED) is 0.788. The minimum atomic E-state index is -0.629. The lowest BCUT2D eigenvalue weighted by Crippen LogP contribution is -2.31. The zero-order valence-corrected chi connectivity index (χ0v) is 15.4. The maximum Gasteiger partial charge on any atom is 0.272 e. The highest BCUT2D eigenvalue weighted by Gasteiger charge is 2.40. The molecule has 1 N–H and O–H groups in total. The largest absolute Gasteiger partial charge is 0.396 e. The van der Waals surface area contributed by atoms with E-state index in [1.807, 2.05) is 19.1 Å². The summed E-state index contributed by atoms with van der Waals surface area (Å²) in [7, 11) is 0. The second kappa shape index (κ2) is 7.61. The average Bonchev–Trinajstić information content (AvgIpc) is 2.86. The molecule has 1 heterocycles. The predicted octanol–water partition coefficient (Wildman–Crippen LogP) is 3.80. The Morgan fingerprint density at radius 3 is 2.42 bits per heavy atom. The number of anilines is 1. The van der Waals surface area contributed by atoms with Crippen LogP contribution in [0.25, 0.3) is 5.57 Å². The number of hydrogen-bond acceptors (Lipinski definition) is 4. The Balaban J connectivity index is 2.07. The first-order valence-corrected chi connectivity index (χ1v) is 9.19. The normalized spacial score (nSPS) is 14.5. The smallest absolute Gasteiger partial charge is 0.272 e. The Kier molecular flexibility index (Phi) is 5.46. The van der Waals surface area contributed by atoms with Crippen LogP contribution in [-0.4, -0.2) is 29.3 Å². The third kappa shape index (κ3) is 3.40. The number of thioether (sulfide) groups is 1. The predicted molar refractivity (Wildman–Crippen MR) is 102 cm³/mol. The fourth-order valence-corrected chi connectivity index (χ4v) is 3.66. The number of aliphatic hydroxyl groups excluding tert-OH is 1. The highest BCUT2D eigenvalue weighted by atomic mass is 35.5. The summed E-state index contributed by atoms with van der Waals surface area (Å²) in [6.07, 6.45) is 0. The number of aliphatic hydroxyl groups is 1. The van der Waals surface area contributed by atoms with Crippen LogP contribution in [0.2, 0.25) is 5.02 Å². The molecule has 0 fully saturated rings. The van der Waals surface area contributed by atoms with Crippen LogP contribution in [0.15, 0.2) is 47.4 Å². The number of imide groups is 1. The van der Waals surface area contributed by atoms with E-state index in [1.54, 1.807) is 12.1 Å². The van der Waals surface area contributed by atoms with Crippen molar-refractivity contribution in [2.75, 3.05) is 17.3 Å². The van der Waals surface area contributed by atoms with E-state index >= 15 is 0 Å². The molecule has 2 aromatic rings. The molecule has 4 nitrogen and oxygen atoms in total. The minimum Gasteiger partial charge on any atom is -0.396 e. The number of rotatable bonds is 5. The van der Waals surface area contributed by atoms with Crippen LogP contribution in [0.3, 0.4) is 0 Å². The lowest BCUT2D eigenvalue weighted by molar-refractivity contribution is -0.119. The standard InChI is InChI=1S/C19H15ClFNO3S/c1-11-2-4-12(5-3-11)16-17(26-9-8-23)19(25)22(18(16)24)13-6-7-15(21)14(20)10-13/h2-7,10,23H,8-9H2,1H3. The van der Waals surface area contributed by atoms with Gasteiger partial charge in [0, 0.05) is 5.75 Å². The summed E-state index contributed by atoms with van der Waals surface area (Å²) < 4.78 is 13.4. The van der Waals surface area contributed by atoms with Crippen LogP contribution in [-0.2, 0) is 9.59 Å². The van der Waals surface area contributed by atoms with E-state index in [4.69, 9.17) is 16.7 Å². The van der Waals surface area contributed by atoms with Crippen LogP contribution in [0.5, 0.6) is 0 Å². The molecule has 0 unspecified atom stereocenters. The maximum atomic E-state index is 13.4. The van der Waals surface area contributed by atoms with Crippen molar-refractivity contribution in [3.63, 3.8) is 0 Å². The molecule has 7 heteroatoms. The molecular weight excluding hydrogens is 377 g/mol. The third-order valence-electron chi connectivity index (χ3n) is 3.88. The molecule has 134 valence electrons. The van der Waals surface area contributed by atoms with Crippen molar-refractivity contribution in [2.45, 2.75) is 6.92 Å². The Bertz CT molecular complexity index is 912. The van der Waals surface area contributed by atoms with Crippen molar-refractivity contribution in [3.05, 3.63) is 69.3 Å². The molecule has 1 aliphatic rings. The molecule has 26 heavy (non-hydrogen) atoms. The Labute approximate surface area is 159 Å². The van der Waals surface area contributed by atoms with Crippen LogP contribution in [0.1, 0.15) is 11.1 Å². The molecule has 3 rings (SSSR count). The van der Waals surface area contributed by atoms with Crippen molar-refractivity contribution in [3.8, 4) is 0 Å². The first-order chi connectivity index (χ1) is 12.4. The average molecular weight is 392 g/mol. The zero-order valence-electron chi connectivity index (χ0n) is 13.8. The second-order valence-corrected chi connectivity index (χ2v) is 7.20. The third-order valence-corrected chi connectivity index (χ3v) is 5.22. The molecule has 0 atom stereocenters. The van der Waals surface area contributed by atoms with Gasteiger partial charge in [0.2, 0.25) is 0 Å². The van der Waals surface area contributed by atoms with Gasteiger partial charge in [-0.15, -0.1) is 11.8 Å². The van der Waals surface area contributed by atoms with Crippen molar-refractivity contribution in [2.24, 2.45) is 0 Å². The lowest BCUT2D eigenvalue weighted by Gasteiger charge is -2.15. The van der Waals surface area contributed by atoms with Gasteiger partial charge in [0.25, 0.3) is 11.8 Å². The van der Waals surface area contributed by atoms with Gasteiger partial charge in [0.1, 0.15) is 5.82 Å². The Morgan fingerprint density at radius 1 is 1.12 bits per heavy atom. The van der Waals surface area contributed by atoms with Gasteiger partial charge in [-0.25, -0.2) is 9.29 Å². The summed E-state index contributed by atoms with van der Waals surface area (Å²) in [6.45, 7) is 1.80. The van der Waals surface area contributed by atoms with Gasteiger partial charge in [0.15, 0.2) is 0 Å². The van der Waals surface area contributed by atoms with E-state index in [9.17, 15) is 14.0 Å². The number of amides is 2. The molecule has 2 aromatic carbocycles. The number of nitrogens with zero attached hydrogens (tertiary/aromatic N) is 1. The fourth-order valence-electron chi connectivity index (χ4n) is 2.62. The Morgan fingerprint density at radius 2 is 1.81 bits per heavy atom. The number of aryl methyl sites for hydroxylation is 1. The molecule has 0 bridgehead atoms. The molecule has 0 radical (unpaired) electrons. The topological polar surface area (TPSA) is 57.6 Å². The van der Waals surface area contributed by atoms with Gasteiger partial charge in [-0.1, -0.05) is 41.4 Å². The number of benzene rings is 2. The van der Waals surface area contributed by atoms with E-state index in [1.165, 1.54) is 12.1 Å².